The lowest BCUT2D eigenvalue weighted by Gasteiger charge is -2.26. The summed E-state index contributed by atoms with van der Waals surface area (Å²) in [6, 6.07) is 7.31. The van der Waals surface area contributed by atoms with E-state index in [9.17, 15) is 9.59 Å². The molecule has 1 aromatic carbocycles. The SMILES string of the molecule is CC1C(=O)N(C)N=C1c1ccc(C(=O)N2CCOCC2)cc1. The predicted molar refractivity (Wildman–Crippen MR) is 81.6 cm³/mol. The van der Waals surface area contributed by atoms with E-state index in [1.807, 2.05) is 19.1 Å². The fourth-order valence-corrected chi connectivity index (χ4v) is 2.74. The van der Waals surface area contributed by atoms with Crippen LogP contribution in [0.2, 0.25) is 0 Å². The zero-order valence-corrected chi connectivity index (χ0v) is 12.8. The molecular formula is C16H19N3O3. The van der Waals surface area contributed by atoms with E-state index in [2.05, 4.69) is 5.10 Å². The predicted octanol–water partition coefficient (Wildman–Crippen LogP) is 0.971. The van der Waals surface area contributed by atoms with Crippen molar-refractivity contribution in [1.82, 2.24) is 9.91 Å². The average Bonchev–Trinajstić information content (AvgIpc) is 2.83. The minimum absolute atomic E-state index is 0.0107. The number of hydrogen-bond donors (Lipinski definition) is 0. The van der Waals surface area contributed by atoms with Crippen molar-refractivity contribution in [3.8, 4) is 0 Å². The third-order valence-corrected chi connectivity index (χ3v) is 4.08. The molecule has 0 bridgehead atoms. The van der Waals surface area contributed by atoms with Crippen molar-refractivity contribution >= 4 is 17.5 Å². The Morgan fingerprint density at radius 1 is 1.23 bits per heavy atom. The van der Waals surface area contributed by atoms with E-state index in [-0.39, 0.29) is 17.7 Å². The van der Waals surface area contributed by atoms with E-state index < -0.39 is 0 Å². The number of carbonyl (C=O) groups excluding carboxylic acids is 2. The van der Waals surface area contributed by atoms with Gasteiger partial charge in [0, 0.05) is 25.7 Å². The molecule has 0 spiro atoms. The highest BCUT2D eigenvalue weighted by Gasteiger charge is 2.30. The molecule has 1 fully saturated rings. The largest absolute Gasteiger partial charge is 0.378 e. The van der Waals surface area contributed by atoms with E-state index >= 15 is 0 Å². The van der Waals surface area contributed by atoms with Crippen LogP contribution in [0.15, 0.2) is 29.4 Å². The van der Waals surface area contributed by atoms with Crippen LogP contribution in [-0.2, 0) is 9.53 Å². The Morgan fingerprint density at radius 2 is 1.86 bits per heavy atom. The summed E-state index contributed by atoms with van der Waals surface area (Å²) >= 11 is 0. The van der Waals surface area contributed by atoms with Crippen molar-refractivity contribution in [1.29, 1.82) is 0 Å². The number of rotatable bonds is 2. The molecule has 3 rings (SSSR count). The molecule has 2 aliphatic heterocycles. The number of benzene rings is 1. The molecule has 0 N–H and O–H groups in total. The first-order valence-corrected chi connectivity index (χ1v) is 7.41. The molecule has 2 aliphatic rings. The van der Waals surface area contributed by atoms with Crippen LogP contribution in [0, 0.1) is 5.92 Å². The van der Waals surface area contributed by atoms with Gasteiger partial charge in [0.2, 0.25) is 0 Å². The molecule has 0 saturated carbocycles. The van der Waals surface area contributed by atoms with Crippen LogP contribution in [0.3, 0.4) is 0 Å². The third-order valence-electron chi connectivity index (χ3n) is 4.08. The number of amides is 2. The monoisotopic (exact) mass is 301 g/mol. The van der Waals surface area contributed by atoms with Crippen molar-refractivity contribution < 1.29 is 14.3 Å². The normalized spacial score (nSPS) is 22.0. The Hall–Kier alpha value is -2.21. The van der Waals surface area contributed by atoms with E-state index in [0.29, 0.717) is 31.9 Å². The average molecular weight is 301 g/mol. The summed E-state index contributed by atoms with van der Waals surface area (Å²) in [5.41, 5.74) is 2.28. The first kappa shape index (κ1) is 14.7. The molecule has 6 nitrogen and oxygen atoms in total. The standard InChI is InChI=1S/C16H19N3O3/c1-11-14(17-18(2)15(11)20)12-3-5-13(6-4-12)16(21)19-7-9-22-10-8-19/h3-6,11H,7-10H2,1-2H3. The van der Waals surface area contributed by atoms with Crippen LogP contribution in [0.25, 0.3) is 0 Å². The minimum Gasteiger partial charge on any atom is -0.378 e. The van der Waals surface area contributed by atoms with Crippen LogP contribution in [0.1, 0.15) is 22.8 Å². The van der Waals surface area contributed by atoms with Crippen LogP contribution >= 0.6 is 0 Å². The molecule has 1 saturated heterocycles. The second-order valence-electron chi connectivity index (χ2n) is 5.55. The van der Waals surface area contributed by atoms with Crippen LogP contribution < -0.4 is 0 Å². The van der Waals surface area contributed by atoms with Crippen LogP contribution in [0.4, 0.5) is 0 Å². The molecule has 0 radical (unpaired) electrons. The lowest BCUT2D eigenvalue weighted by molar-refractivity contribution is -0.130. The van der Waals surface area contributed by atoms with Gasteiger partial charge in [0.15, 0.2) is 0 Å². The molecule has 22 heavy (non-hydrogen) atoms. The maximum Gasteiger partial charge on any atom is 0.254 e. The third kappa shape index (κ3) is 2.62. The van der Waals surface area contributed by atoms with Gasteiger partial charge in [-0.2, -0.15) is 5.10 Å². The fraction of sp³-hybridized carbons (Fsp3) is 0.438. The summed E-state index contributed by atoms with van der Waals surface area (Å²) in [6.07, 6.45) is 0. The Kier molecular flexibility index (Phi) is 3.94. The lowest BCUT2D eigenvalue weighted by atomic mass is 9.97. The Labute approximate surface area is 129 Å². The van der Waals surface area contributed by atoms with E-state index in [0.717, 1.165) is 11.3 Å². The second kappa shape index (κ2) is 5.88. The van der Waals surface area contributed by atoms with Gasteiger partial charge in [0.25, 0.3) is 11.8 Å². The molecule has 6 heteroatoms. The van der Waals surface area contributed by atoms with Gasteiger partial charge in [-0.3, -0.25) is 9.59 Å². The summed E-state index contributed by atoms with van der Waals surface area (Å²) in [6.45, 7) is 4.28. The summed E-state index contributed by atoms with van der Waals surface area (Å²) in [5, 5.41) is 5.64. The number of nitrogens with zero attached hydrogens (tertiary/aromatic N) is 3. The molecule has 1 unspecified atom stereocenters. The summed E-state index contributed by atoms with van der Waals surface area (Å²) in [4.78, 5) is 26.0. The second-order valence-corrected chi connectivity index (χ2v) is 5.55. The first-order chi connectivity index (χ1) is 10.6. The number of carbonyl (C=O) groups is 2. The van der Waals surface area contributed by atoms with E-state index in [1.54, 1.807) is 24.1 Å². The molecule has 116 valence electrons. The summed E-state index contributed by atoms with van der Waals surface area (Å²) < 4.78 is 5.26. The topological polar surface area (TPSA) is 62.2 Å². The van der Waals surface area contributed by atoms with Crippen molar-refractivity contribution in [2.24, 2.45) is 11.0 Å². The highest BCUT2D eigenvalue weighted by atomic mass is 16.5. The molecule has 2 heterocycles. The van der Waals surface area contributed by atoms with Crippen molar-refractivity contribution in [3.63, 3.8) is 0 Å². The quantitative estimate of drug-likeness (QED) is 0.818. The van der Waals surface area contributed by atoms with Gasteiger partial charge in [-0.25, -0.2) is 5.01 Å². The van der Waals surface area contributed by atoms with Gasteiger partial charge in [-0.05, 0) is 24.6 Å². The highest BCUT2D eigenvalue weighted by Crippen LogP contribution is 2.20. The molecule has 0 aromatic heterocycles. The van der Waals surface area contributed by atoms with E-state index in [1.165, 1.54) is 5.01 Å². The number of hydrogen-bond acceptors (Lipinski definition) is 4. The lowest BCUT2D eigenvalue weighted by Crippen LogP contribution is -2.40. The molecular weight excluding hydrogens is 282 g/mol. The Balaban J connectivity index is 1.77. The zero-order valence-electron chi connectivity index (χ0n) is 12.8. The molecule has 2 amide bonds. The summed E-state index contributed by atoms with van der Waals surface area (Å²) in [7, 11) is 1.65. The highest BCUT2D eigenvalue weighted by molar-refractivity contribution is 6.16. The smallest absolute Gasteiger partial charge is 0.254 e. The van der Waals surface area contributed by atoms with Gasteiger partial charge in [-0.15, -0.1) is 0 Å². The maximum atomic E-state index is 12.4. The van der Waals surface area contributed by atoms with Crippen molar-refractivity contribution in [2.45, 2.75) is 6.92 Å². The van der Waals surface area contributed by atoms with E-state index in [4.69, 9.17) is 4.74 Å². The van der Waals surface area contributed by atoms with Gasteiger partial charge in [-0.1, -0.05) is 12.1 Å². The number of ether oxygens (including phenoxy) is 1. The minimum atomic E-state index is -0.245. The van der Waals surface area contributed by atoms with Gasteiger partial charge < -0.3 is 9.64 Å². The fourth-order valence-electron chi connectivity index (χ4n) is 2.74. The van der Waals surface area contributed by atoms with Crippen LogP contribution in [0.5, 0.6) is 0 Å². The Bertz CT molecular complexity index is 618. The summed E-state index contributed by atoms with van der Waals surface area (Å²) in [5.74, 6) is -0.237. The van der Waals surface area contributed by atoms with Crippen molar-refractivity contribution in [2.75, 3.05) is 33.4 Å². The van der Waals surface area contributed by atoms with Gasteiger partial charge in [0.05, 0.1) is 24.8 Å². The van der Waals surface area contributed by atoms with Crippen LogP contribution in [-0.4, -0.2) is 60.8 Å². The number of hydrazone groups is 1. The molecule has 0 aliphatic carbocycles. The molecule has 1 aromatic rings. The van der Waals surface area contributed by atoms with Gasteiger partial charge >= 0.3 is 0 Å². The van der Waals surface area contributed by atoms with Crippen molar-refractivity contribution in [3.05, 3.63) is 35.4 Å². The number of morpholine rings is 1. The first-order valence-electron chi connectivity index (χ1n) is 7.41. The maximum absolute atomic E-state index is 12.4. The Morgan fingerprint density at radius 3 is 2.41 bits per heavy atom. The molecule has 1 atom stereocenters. The van der Waals surface area contributed by atoms with Gasteiger partial charge in [0.1, 0.15) is 0 Å². The zero-order chi connectivity index (χ0) is 15.7.